The minimum atomic E-state index is 0.527. The van der Waals surface area contributed by atoms with E-state index in [1.165, 1.54) is 5.56 Å². The van der Waals surface area contributed by atoms with Crippen LogP contribution >= 0.6 is 0 Å². The van der Waals surface area contributed by atoms with Crippen LogP contribution in [0.25, 0.3) is 17.1 Å². The first-order valence-electron chi connectivity index (χ1n) is 8.51. The minimum absolute atomic E-state index is 0.527. The van der Waals surface area contributed by atoms with E-state index < -0.39 is 0 Å². The Morgan fingerprint density at radius 1 is 1.16 bits per heavy atom. The Morgan fingerprint density at radius 3 is 2.80 bits per heavy atom. The molecule has 3 aromatic rings. The van der Waals surface area contributed by atoms with Gasteiger partial charge in [0.25, 0.3) is 0 Å². The quantitative estimate of drug-likeness (QED) is 0.682. The molecule has 1 aromatic carbocycles. The monoisotopic (exact) mass is 331 g/mol. The first kappa shape index (κ1) is 15.6. The molecule has 3 N–H and O–H groups in total. The molecule has 1 saturated heterocycles. The van der Waals surface area contributed by atoms with Crippen LogP contribution in [0, 0.1) is 0 Å². The molecule has 5 nitrogen and oxygen atoms in total. The molecule has 0 bridgehead atoms. The summed E-state index contributed by atoms with van der Waals surface area (Å²) in [4.78, 5) is 12.3. The van der Waals surface area contributed by atoms with Crippen molar-refractivity contribution < 1.29 is 0 Å². The minimum Gasteiger partial charge on any atom is -0.346 e. The van der Waals surface area contributed by atoms with Crippen molar-refractivity contribution in [1.29, 1.82) is 0 Å². The molecule has 0 aliphatic carbocycles. The fourth-order valence-electron chi connectivity index (χ4n) is 2.95. The maximum atomic E-state index is 4.75. The lowest BCUT2D eigenvalue weighted by Crippen LogP contribution is -2.25. The van der Waals surface area contributed by atoms with E-state index in [9.17, 15) is 0 Å². The molecule has 0 unspecified atom stereocenters. The number of hydrogen-bond donors (Lipinski definition) is 3. The van der Waals surface area contributed by atoms with Crippen molar-refractivity contribution in [3.05, 3.63) is 65.5 Å². The van der Waals surface area contributed by atoms with Crippen molar-refractivity contribution in [2.24, 2.45) is 4.99 Å². The van der Waals surface area contributed by atoms with Gasteiger partial charge in [0.2, 0.25) is 0 Å². The maximum Gasteiger partial charge on any atom is 0.145 e. The number of amidine groups is 1. The van der Waals surface area contributed by atoms with E-state index in [0.29, 0.717) is 5.92 Å². The lowest BCUT2D eigenvalue weighted by Gasteiger charge is -2.05. The number of H-pyrrole nitrogens is 1. The molecule has 3 heterocycles. The van der Waals surface area contributed by atoms with Crippen LogP contribution in [0.2, 0.25) is 0 Å². The molecule has 0 atom stereocenters. The van der Waals surface area contributed by atoms with Crippen molar-refractivity contribution in [3.63, 3.8) is 0 Å². The van der Waals surface area contributed by atoms with E-state index in [4.69, 9.17) is 4.99 Å². The number of aromatic amines is 1. The molecular weight excluding hydrogens is 310 g/mol. The van der Waals surface area contributed by atoms with Crippen molar-refractivity contribution in [3.8, 4) is 0 Å². The number of fused-ring (bicyclic) bond motifs is 1. The lowest BCUT2D eigenvalue weighted by atomic mass is 10.0. The zero-order valence-corrected chi connectivity index (χ0v) is 14.4. The normalized spacial score (nSPS) is 17.7. The summed E-state index contributed by atoms with van der Waals surface area (Å²) in [5.74, 6) is 1.38. The highest BCUT2D eigenvalue weighted by Gasteiger charge is 2.15. The Kier molecular flexibility index (Phi) is 4.07. The SMILES string of the molecule is CC(C)c1ccc(N=C2NNCC2=Cc2c[nH]c3ncccc23)cc1. The Morgan fingerprint density at radius 2 is 2.00 bits per heavy atom. The number of rotatable bonds is 3. The third kappa shape index (κ3) is 3.19. The van der Waals surface area contributed by atoms with Crippen LogP contribution in [0.4, 0.5) is 5.69 Å². The Bertz CT molecular complexity index is 948. The molecule has 5 heteroatoms. The van der Waals surface area contributed by atoms with Gasteiger partial charge in [-0.25, -0.2) is 15.4 Å². The van der Waals surface area contributed by atoms with Gasteiger partial charge in [0.1, 0.15) is 11.5 Å². The van der Waals surface area contributed by atoms with Gasteiger partial charge in [-0.3, -0.25) is 0 Å². The van der Waals surface area contributed by atoms with Gasteiger partial charge in [-0.2, -0.15) is 0 Å². The van der Waals surface area contributed by atoms with Crippen LogP contribution in [-0.4, -0.2) is 22.3 Å². The molecule has 0 radical (unpaired) electrons. The Hall–Kier alpha value is -2.92. The molecule has 0 spiro atoms. The number of benzene rings is 1. The lowest BCUT2D eigenvalue weighted by molar-refractivity contribution is 0.761. The molecule has 1 aliphatic heterocycles. The summed E-state index contributed by atoms with van der Waals surface area (Å²) < 4.78 is 0. The molecule has 1 fully saturated rings. The standard InChI is InChI=1S/C20H21N5/c1-13(2)14-5-7-17(8-6-14)24-19-16(12-23-25-19)10-15-11-22-20-18(15)4-3-9-21-20/h3-11,13,23H,12H2,1-2H3,(H,21,22)(H,24,25). The molecule has 126 valence electrons. The third-order valence-corrected chi connectivity index (χ3v) is 4.40. The van der Waals surface area contributed by atoms with E-state index >= 15 is 0 Å². The van der Waals surface area contributed by atoms with Crippen molar-refractivity contribution in [2.75, 3.05) is 6.54 Å². The van der Waals surface area contributed by atoms with E-state index in [2.05, 4.69) is 71.1 Å². The van der Waals surface area contributed by atoms with Crippen LogP contribution in [-0.2, 0) is 0 Å². The van der Waals surface area contributed by atoms with Gasteiger partial charge in [0.05, 0.1) is 5.69 Å². The van der Waals surface area contributed by atoms with Crippen LogP contribution in [0.15, 0.2) is 59.4 Å². The fraction of sp³-hybridized carbons (Fsp3) is 0.200. The zero-order valence-electron chi connectivity index (χ0n) is 14.4. The highest BCUT2D eigenvalue weighted by atomic mass is 15.4. The summed E-state index contributed by atoms with van der Waals surface area (Å²) in [6.07, 6.45) is 5.93. The van der Waals surface area contributed by atoms with E-state index in [1.54, 1.807) is 6.20 Å². The summed E-state index contributed by atoms with van der Waals surface area (Å²) in [5, 5.41) is 1.11. The predicted octanol–water partition coefficient (Wildman–Crippen LogP) is 3.91. The van der Waals surface area contributed by atoms with Gasteiger partial charge in [-0.05, 0) is 41.8 Å². The number of hydrazine groups is 1. The highest BCUT2D eigenvalue weighted by Crippen LogP contribution is 2.22. The van der Waals surface area contributed by atoms with Crippen LogP contribution in [0.1, 0.15) is 30.9 Å². The third-order valence-electron chi connectivity index (χ3n) is 4.40. The van der Waals surface area contributed by atoms with Crippen molar-refractivity contribution in [2.45, 2.75) is 19.8 Å². The van der Waals surface area contributed by atoms with Gasteiger partial charge in [-0.1, -0.05) is 26.0 Å². The van der Waals surface area contributed by atoms with E-state index in [-0.39, 0.29) is 0 Å². The van der Waals surface area contributed by atoms with Crippen LogP contribution in [0.5, 0.6) is 0 Å². The second kappa shape index (κ2) is 6.53. The number of hydrogen-bond acceptors (Lipinski definition) is 3. The average Bonchev–Trinajstić information content (AvgIpc) is 3.23. The predicted molar refractivity (Wildman–Crippen MR) is 103 cm³/mol. The van der Waals surface area contributed by atoms with Gasteiger partial charge in [-0.15, -0.1) is 0 Å². The molecule has 1 aliphatic rings. The fourth-order valence-corrected chi connectivity index (χ4v) is 2.95. The number of aromatic nitrogens is 2. The molecule has 0 saturated carbocycles. The van der Waals surface area contributed by atoms with Crippen LogP contribution in [0.3, 0.4) is 0 Å². The second-order valence-electron chi connectivity index (χ2n) is 6.50. The highest BCUT2D eigenvalue weighted by molar-refractivity contribution is 6.06. The van der Waals surface area contributed by atoms with Gasteiger partial charge in [0, 0.05) is 35.5 Å². The molecule has 2 aromatic heterocycles. The number of pyridine rings is 1. The van der Waals surface area contributed by atoms with E-state index in [1.807, 2.05) is 12.3 Å². The molecule has 25 heavy (non-hydrogen) atoms. The summed E-state index contributed by atoms with van der Waals surface area (Å²) in [6, 6.07) is 12.4. The summed E-state index contributed by atoms with van der Waals surface area (Å²) in [7, 11) is 0. The largest absolute Gasteiger partial charge is 0.346 e. The van der Waals surface area contributed by atoms with Crippen molar-refractivity contribution >= 4 is 28.6 Å². The molecule has 0 amide bonds. The average molecular weight is 331 g/mol. The van der Waals surface area contributed by atoms with Gasteiger partial charge >= 0.3 is 0 Å². The van der Waals surface area contributed by atoms with Crippen molar-refractivity contribution in [1.82, 2.24) is 20.8 Å². The Balaban J connectivity index is 1.65. The molecule has 4 rings (SSSR count). The molecular formula is C20H21N5. The number of nitrogens with zero attached hydrogens (tertiary/aromatic N) is 2. The first-order chi connectivity index (χ1) is 12.2. The smallest absolute Gasteiger partial charge is 0.145 e. The second-order valence-corrected chi connectivity index (χ2v) is 6.50. The van der Waals surface area contributed by atoms with Gasteiger partial charge in [0.15, 0.2) is 0 Å². The summed E-state index contributed by atoms with van der Waals surface area (Å²) >= 11 is 0. The van der Waals surface area contributed by atoms with Gasteiger partial charge < -0.3 is 10.4 Å². The number of aliphatic imine (C=N–C) groups is 1. The summed E-state index contributed by atoms with van der Waals surface area (Å²) in [6.45, 7) is 5.12. The van der Waals surface area contributed by atoms with E-state index in [0.717, 1.165) is 40.2 Å². The zero-order chi connectivity index (χ0) is 17.2. The number of nitrogens with one attached hydrogen (secondary N) is 3. The Labute approximate surface area is 146 Å². The topological polar surface area (TPSA) is 65.1 Å². The maximum absolute atomic E-state index is 4.75. The summed E-state index contributed by atoms with van der Waals surface area (Å²) in [5.41, 5.74) is 11.7. The van der Waals surface area contributed by atoms with Crippen LogP contribution < -0.4 is 10.9 Å². The first-order valence-corrected chi connectivity index (χ1v) is 8.51.